The summed E-state index contributed by atoms with van der Waals surface area (Å²) in [5.74, 6) is 0. The zero-order valence-corrected chi connectivity index (χ0v) is 8.98. The lowest BCUT2D eigenvalue weighted by Crippen LogP contribution is -2.55. The van der Waals surface area contributed by atoms with Crippen molar-refractivity contribution in [2.45, 2.75) is 38.3 Å². The molecule has 14 heavy (non-hydrogen) atoms. The predicted molar refractivity (Wildman–Crippen MR) is 56.3 cm³/mol. The third-order valence-corrected chi connectivity index (χ3v) is 3.60. The summed E-state index contributed by atoms with van der Waals surface area (Å²) >= 11 is 0. The molecule has 2 aliphatic heterocycles. The molecule has 0 bridgehead atoms. The van der Waals surface area contributed by atoms with Gasteiger partial charge < -0.3 is 4.79 Å². The molecule has 0 N–H and O–H groups in total. The summed E-state index contributed by atoms with van der Waals surface area (Å²) in [6, 6.07) is 1.40. The van der Waals surface area contributed by atoms with E-state index in [0.29, 0.717) is 12.5 Å². The van der Waals surface area contributed by atoms with Gasteiger partial charge in [0, 0.05) is 38.1 Å². The highest BCUT2D eigenvalue weighted by Crippen LogP contribution is 2.24. The van der Waals surface area contributed by atoms with Crippen molar-refractivity contribution in [3.8, 4) is 0 Å². The second-order valence-corrected chi connectivity index (χ2v) is 4.59. The SMILES string of the molecule is CC1CN2CCCC2CN1CCC=O. The van der Waals surface area contributed by atoms with E-state index in [9.17, 15) is 4.79 Å². The monoisotopic (exact) mass is 196 g/mol. The molecule has 0 aromatic rings. The van der Waals surface area contributed by atoms with Crippen molar-refractivity contribution in [3.63, 3.8) is 0 Å². The number of carbonyl (C=O) groups excluding carboxylic acids is 1. The van der Waals surface area contributed by atoms with Gasteiger partial charge >= 0.3 is 0 Å². The first-order valence-electron chi connectivity index (χ1n) is 5.73. The molecule has 0 aliphatic carbocycles. The normalized spacial score (nSPS) is 34.4. The molecule has 2 fully saturated rings. The van der Waals surface area contributed by atoms with Crippen molar-refractivity contribution in [2.75, 3.05) is 26.2 Å². The van der Waals surface area contributed by atoms with E-state index in [1.54, 1.807) is 0 Å². The van der Waals surface area contributed by atoms with Crippen molar-refractivity contribution in [2.24, 2.45) is 0 Å². The van der Waals surface area contributed by atoms with Crippen LogP contribution in [0.25, 0.3) is 0 Å². The van der Waals surface area contributed by atoms with Crippen molar-refractivity contribution >= 4 is 6.29 Å². The average Bonchev–Trinajstić information content (AvgIpc) is 2.61. The Bertz CT molecular complexity index is 207. The fraction of sp³-hybridized carbons (Fsp3) is 0.909. The highest BCUT2D eigenvalue weighted by molar-refractivity contribution is 5.49. The number of aldehydes is 1. The van der Waals surface area contributed by atoms with Gasteiger partial charge in [0.25, 0.3) is 0 Å². The minimum atomic E-state index is 0.629. The van der Waals surface area contributed by atoms with Gasteiger partial charge in [0.2, 0.25) is 0 Å². The molecule has 80 valence electrons. The summed E-state index contributed by atoms with van der Waals surface area (Å²) in [4.78, 5) is 15.4. The van der Waals surface area contributed by atoms with Crippen LogP contribution in [0.2, 0.25) is 0 Å². The fourth-order valence-corrected chi connectivity index (χ4v) is 2.78. The first kappa shape index (κ1) is 10.1. The van der Waals surface area contributed by atoms with Crippen molar-refractivity contribution < 1.29 is 4.79 Å². The lowest BCUT2D eigenvalue weighted by molar-refractivity contribution is -0.108. The van der Waals surface area contributed by atoms with E-state index in [0.717, 1.165) is 18.9 Å². The minimum Gasteiger partial charge on any atom is -0.303 e. The Kier molecular flexibility index (Phi) is 3.19. The smallest absolute Gasteiger partial charge is 0.121 e. The average molecular weight is 196 g/mol. The number of fused-ring (bicyclic) bond motifs is 1. The molecule has 0 saturated carbocycles. The van der Waals surface area contributed by atoms with Gasteiger partial charge in [-0.2, -0.15) is 0 Å². The van der Waals surface area contributed by atoms with Crippen LogP contribution in [0.15, 0.2) is 0 Å². The Labute approximate surface area is 86.1 Å². The largest absolute Gasteiger partial charge is 0.303 e. The standard InChI is InChI=1S/C11H20N2O/c1-10-8-13-5-2-4-11(13)9-12(10)6-3-7-14/h7,10-11H,2-6,8-9H2,1H3. The van der Waals surface area contributed by atoms with E-state index in [-0.39, 0.29) is 0 Å². The zero-order valence-electron chi connectivity index (χ0n) is 8.98. The molecular formula is C11H20N2O. The zero-order chi connectivity index (χ0) is 9.97. The first-order valence-corrected chi connectivity index (χ1v) is 5.73. The second-order valence-electron chi connectivity index (χ2n) is 4.59. The molecule has 2 unspecified atom stereocenters. The number of rotatable bonds is 3. The molecule has 3 heteroatoms. The number of hydrogen-bond acceptors (Lipinski definition) is 3. The molecule has 2 heterocycles. The number of hydrogen-bond donors (Lipinski definition) is 0. The Morgan fingerprint density at radius 1 is 1.43 bits per heavy atom. The maximum absolute atomic E-state index is 10.3. The van der Waals surface area contributed by atoms with E-state index in [1.165, 1.54) is 32.5 Å². The minimum absolute atomic E-state index is 0.629. The Morgan fingerprint density at radius 2 is 2.29 bits per heavy atom. The Hall–Kier alpha value is -0.410. The fourth-order valence-electron chi connectivity index (χ4n) is 2.78. The van der Waals surface area contributed by atoms with Crippen molar-refractivity contribution in [1.29, 1.82) is 0 Å². The predicted octanol–water partition coefficient (Wildman–Crippen LogP) is 0.744. The van der Waals surface area contributed by atoms with Crippen LogP contribution in [-0.4, -0.2) is 54.3 Å². The topological polar surface area (TPSA) is 23.6 Å². The lowest BCUT2D eigenvalue weighted by Gasteiger charge is -2.42. The van der Waals surface area contributed by atoms with Crippen LogP contribution in [0, 0.1) is 0 Å². The third-order valence-electron chi connectivity index (χ3n) is 3.60. The number of piperazine rings is 1. The van der Waals surface area contributed by atoms with Gasteiger partial charge in [-0.15, -0.1) is 0 Å². The lowest BCUT2D eigenvalue weighted by atomic mass is 10.1. The molecule has 3 nitrogen and oxygen atoms in total. The molecular weight excluding hydrogens is 176 g/mol. The van der Waals surface area contributed by atoms with E-state index in [2.05, 4.69) is 16.7 Å². The highest BCUT2D eigenvalue weighted by Gasteiger charge is 2.33. The third kappa shape index (κ3) is 1.98. The van der Waals surface area contributed by atoms with Crippen molar-refractivity contribution in [1.82, 2.24) is 9.80 Å². The summed E-state index contributed by atoms with van der Waals surface area (Å²) in [6.45, 7) is 6.89. The van der Waals surface area contributed by atoms with Crippen LogP contribution in [0.5, 0.6) is 0 Å². The maximum atomic E-state index is 10.3. The second kappa shape index (κ2) is 4.41. The molecule has 2 saturated heterocycles. The summed E-state index contributed by atoms with van der Waals surface area (Å²) in [5, 5.41) is 0. The first-order chi connectivity index (χ1) is 6.81. The molecule has 0 aromatic heterocycles. The van der Waals surface area contributed by atoms with Crippen LogP contribution in [0.3, 0.4) is 0 Å². The molecule has 0 amide bonds. The van der Waals surface area contributed by atoms with Gasteiger partial charge in [-0.25, -0.2) is 0 Å². The van der Waals surface area contributed by atoms with Gasteiger partial charge in [0.05, 0.1) is 0 Å². The maximum Gasteiger partial charge on any atom is 0.121 e. The quantitative estimate of drug-likeness (QED) is 0.622. The van der Waals surface area contributed by atoms with E-state index in [4.69, 9.17) is 0 Å². The van der Waals surface area contributed by atoms with Gasteiger partial charge in [-0.1, -0.05) is 0 Å². The van der Waals surface area contributed by atoms with Crippen LogP contribution in [0.1, 0.15) is 26.2 Å². The van der Waals surface area contributed by atoms with Crippen LogP contribution < -0.4 is 0 Å². The number of nitrogens with zero attached hydrogens (tertiary/aromatic N) is 2. The Balaban J connectivity index is 1.89. The van der Waals surface area contributed by atoms with Gasteiger partial charge in [0.15, 0.2) is 0 Å². The van der Waals surface area contributed by atoms with Crippen LogP contribution in [0.4, 0.5) is 0 Å². The summed E-state index contributed by atoms with van der Waals surface area (Å²) in [5.41, 5.74) is 0. The van der Waals surface area contributed by atoms with Crippen LogP contribution >= 0.6 is 0 Å². The molecule has 2 aliphatic rings. The van der Waals surface area contributed by atoms with Gasteiger partial charge in [0.1, 0.15) is 6.29 Å². The Morgan fingerprint density at radius 3 is 3.07 bits per heavy atom. The van der Waals surface area contributed by atoms with E-state index >= 15 is 0 Å². The molecule has 2 atom stereocenters. The van der Waals surface area contributed by atoms with Gasteiger partial charge in [-0.3, -0.25) is 9.80 Å². The van der Waals surface area contributed by atoms with E-state index < -0.39 is 0 Å². The summed E-state index contributed by atoms with van der Waals surface area (Å²) in [6.07, 6.45) is 4.44. The number of carbonyl (C=O) groups is 1. The molecule has 0 radical (unpaired) electrons. The van der Waals surface area contributed by atoms with Crippen LogP contribution in [-0.2, 0) is 4.79 Å². The molecule has 2 rings (SSSR count). The van der Waals surface area contributed by atoms with E-state index in [1.807, 2.05) is 0 Å². The summed E-state index contributed by atoms with van der Waals surface area (Å²) in [7, 11) is 0. The van der Waals surface area contributed by atoms with Gasteiger partial charge in [-0.05, 0) is 26.3 Å². The van der Waals surface area contributed by atoms with Crippen molar-refractivity contribution in [3.05, 3.63) is 0 Å². The summed E-state index contributed by atoms with van der Waals surface area (Å²) < 4.78 is 0. The highest BCUT2D eigenvalue weighted by atomic mass is 16.1. The molecule has 0 aromatic carbocycles. The molecule has 0 spiro atoms.